The Bertz CT molecular complexity index is 1080. The molecule has 0 bridgehead atoms. The summed E-state index contributed by atoms with van der Waals surface area (Å²) in [7, 11) is 0. The zero-order valence-corrected chi connectivity index (χ0v) is 12.3. The molecule has 8 nitrogen and oxygen atoms in total. The van der Waals surface area contributed by atoms with E-state index in [2.05, 4.69) is 25.3 Å². The second-order valence-electron chi connectivity index (χ2n) is 5.22. The molecular weight excluding hydrogens is 308 g/mol. The zero-order chi connectivity index (χ0) is 16.7. The molecule has 0 spiro atoms. The third kappa shape index (κ3) is 2.17. The van der Waals surface area contributed by atoms with E-state index in [1.165, 1.54) is 12.4 Å². The van der Waals surface area contributed by atoms with E-state index in [0.29, 0.717) is 11.2 Å². The number of nitrogens with zero attached hydrogens (tertiary/aromatic N) is 2. The Labute approximate surface area is 135 Å². The van der Waals surface area contributed by atoms with E-state index in [9.17, 15) is 9.59 Å². The Balaban J connectivity index is 1.80. The van der Waals surface area contributed by atoms with E-state index in [-0.39, 0.29) is 17.4 Å². The van der Waals surface area contributed by atoms with E-state index in [1.807, 2.05) is 12.1 Å². The number of anilines is 1. The number of nitrogens with one attached hydrogen (secondary N) is 3. The number of primary amides is 1. The lowest BCUT2D eigenvalue weighted by molar-refractivity contribution is 0.0994. The zero-order valence-electron chi connectivity index (χ0n) is 12.3. The van der Waals surface area contributed by atoms with Gasteiger partial charge in [-0.3, -0.25) is 9.59 Å². The fraction of sp³-hybridized carbons (Fsp3) is 0. The summed E-state index contributed by atoms with van der Waals surface area (Å²) in [6.45, 7) is 0. The molecule has 118 valence electrons. The number of fused-ring (bicyclic) bond motifs is 3. The number of H-pyrrole nitrogens is 2. The Morgan fingerprint density at radius 1 is 1.08 bits per heavy atom. The maximum Gasteiger partial charge on any atom is 0.291 e. The van der Waals surface area contributed by atoms with E-state index >= 15 is 0 Å². The molecule has 0 saturated heterocycles. The molecule has 0 aliphatic heterocycles. The second kappa shape index (κ2) is 5.20. The highest BCUT2D eigenvalue weighted by Crippen LogP contribution is 2.29. The van der Waals surface area contributed by atoms with Crippen molar-refractivity contribution in [2.75, 3.05) is 5.32 Å². The van der Waals surface area contributed by atoms with E-state index in [1.54, 1.807) is 18.3 Å². The van der Waals surface area contributed by atoms with Crippen LogP contribution in [0.1, 0.15) is 21.1 Å². The Kier molecular flexibility index (Phi) is 3.02. The maximum absolute atomic E-state index is 12.1. The number of nitrogens with two attached hydrogens (primary N) is 1. The molecule has 0 unspecified atom stereocenters. The van der Waals surface area contributed by atoms with Crippen molar-refractivity contribution in [1.82, 2.24) is 19.9 Å². The number of carbonyl (C=O) groups is 2. The molecule has 0 fully saturated rings. The normalized spacial score (nSPS) is 11.0. The molecule has 24 heavy (non-hydrogen) atoms. The summed E-state index contributed by atoms with van der Waals surface area (Å²) in [4.78, 5) is 37.4. The van der Waals surface area contributed by atoms with Gasteiger partial charge in [0.15, 0.2) is 11.5 Å². The summed E-state index contributed by atoms with van der Waals surface area (Å²) >= 11 is 0. The van der Waals surface area contributed by atoms with Gasteiger partial charge in [0.25, 0.3) is 11.8 Å². The van der Waals surface area contributed by atoms with Crippen LogP contribution in [0.2, 0.25) is 0 Å². The minimum Gasteiger partial charge on any atom is -0.364 e. The molecule has 0 radical (unpaired) electrons. The summed E-state index contributed by atoms with van der Waals surface area (Å²) in [5.74, 6) is -0.702. The van der Waals surface area contributed by atoms with Crippen LogP contribution in [0.25, 0.3) is 21.8 Å². The number of hydrogen-bond donors (Lipinski definition) is 4. The third-order valence-electron chi connectivity index (χ3n) is 3.72. The predicted octanol–water partition coefficient (Wildman–Crippen LogP) is 1.79. The Morgan fingerprint density at radius 3 is 2.71 bits per heavy atom. The van der Waals surface area contributed by atoms with Gasteiger partial charge in [0.05, 0.1) is 5.52 Å². The van der Waals surface area contributed by atoms with Gasteiger partial charge in [0.1, 0.15) is 0 Å². The second-order valence-corrected chi connectivity index (χ2v) is 5.22. The molecule has 1 aromatic carbocycles. The van der Waals surface area contributed by atoms with Crippen molar-refractivity contribution in [3.8, 4) is 0 Å². The van der Waals surface area contributed by atoms with Gasteiger partial charge in [0, 0.05) is 40.6 Å². The topological polar surface area (TPSA) is 130 Å². The number of hydrogen-bond acceptors (Lipinski definition) is 4. The van der Waals surface area contributed by atoms with Gasteiger partial charge < -0.3 is 21.0 Å². The van der Waals surface area contributed by atoms with Gasteiger partial charge in [0.2, 0.25) is 0 Å². The highest BCUT2D eigenvalue weighted by atomic mass is 16.2. The predicted molar refractivity (Wildman–Crippen MR) is 88.7 cm³/mol. The molecular formula is C16H12N6O2. The average molecular weight is 320 g/mol. The number of benzene rings is 1. The van der Waals surface area contributed by atoms with Crippen LogP contribution in [0.4, 0.5) is 5.69 Å². The fourth-order valence-electron chi connectivity index (χ4n) is 2.67. The molecule has 0 aliphatic carbocycles. The van der Waals surface area contributed by atoms with Crippen molar-refractivity contribution in [3.63, 3.8) is 0 Å². The smallest absolute Gasteiger partial charge is 0.291 e. The van der Waals surface area contributed by atoms with Gasteiger partial charge in [-0.15, -0.1) is 0 Å². The molecule has 2 amide bonds. The van der Waals surface area contributed by atoms with Crippen molar-refractivity contribution in [1.29, 1.82) is 0 Å². The number of pyridine rings is 1. The lowest BCUT2D eigenvalue weighted by atomic mass is 10.1. The maximum atomic E-state index is 12.1. The van der Waals surface area contributed by atoms with Crippen molar-refractivity contribution in [3.05, 3.63) is 54.4 Å². The molecule has 4 rings (SSSR count). The quantitative estimate of drug-likeness (QED) is 0.458. The molecule has 5 N–H and O–H groups in total. The summed E-state index contributed by atoms with van der Waals surface area (Å²) < 4.78 is 0. The highest BCUT2D eigenvalue weighted by molar-refractivity contribution is 6.14. The summed E-state index contributed by atoms with van der Waals surface area (Å²) in [5, 5.41) is 4.44. The molecule has 3 aromatic heterocycles. The number of carbonyl (C=O) groups excluding carboxylic acids is 2. The van der Waals surface area contributed by atoms with Crippen LogP contribution >= 0.6 is 0 Å². The summed E-state index contributed by atoms with van der Waals surface area (Å²) in [5.41, 5.74) is 7.56. The lowest BCUT2D eigenvalue weighted by Crippen LogP contribution is -2.13. The van der Waals surface area contributed by atoms with Crippen LogP contribution in [0, 0.1) is 0 Å². The van der Waals surface area contributed by atoms with Crippen molar-refractivity contribution >= 4 is 39.3 Å². The molecule has 3 heterocycles. The first-order valence-corrected chi connectivity index (χ1v) is 7.14. The molecule has 8 heteroatoms. The van der Waals surface area contributed by atoms with Gasteiger partial charge in [-0.2, -0.15) is 0 Å². The number of imidazole rings is 1. The van der Waals surface area contributed by atoms with E-state index < -0.39 is 5.91 Å². The molecule has 0 aliphatic rings. The van der Waals surface area contributed by atoms with Crippen molar-refractivity contribution < 1.29 is 9.59 Å². The highest BCUT2D eigenvalue weighted by Gasteiger charge is 2.14. The van der Waals surface area contributed by atoms with E-state index in [4.69, 9.17) is 5.73 Å². The van der Waals surface area contributed by atoms with Crippen molar-refractivity contribution in [2.45, 2.75) is 0 Å². The third-order valence-corrected chi connectivity index (χ3v) is 3.72. The van der Waals surface area contributed by atoms with E-state index in [0.717, 1.165) is 16.3 Å². The van der Waals surface area contributed by atoms with Crippen LogP contribution < -0.4 is 11.1 Å². The van der Waals surface area contributed by atoms with Gasteiger partial charge in [-0.05, 0) is 24.3 Å². The first-order chi connectivity index (χ1) is 11.6. The standard InChI is InChI=1S/C16H12N6O2/c17-14(23)13-12-9(3-4-18-13)10-7-8(1-2-11(10)22-12)21-16(24)15-19-5-6-20-15/h1-7,22H,(H2,17,23)(H,19,20)(H,21,24). The minimum absolute atomic E-state index is 0.185. The lowest BCUT2D eigenvalue weighted by Gasteiger charge is -2.03. The fourth-order valence-corrected chi connectivity index (χ4v) is 2.67. The van der Waals surface area contributed by atoms with Gasteiger partial charge in [-0.1, -0.05) is 0 Å². The number of rotatable bonds is 3. The van der Waals surface area contributed by atoms with Crippen LogP contribution in [0.5, 0.6) is 0 Å². The summed E-state index contributed by atoms with van der Waals surface area (Å²) in [6.07, 6.45) is 4.62. The number of aromatic nitrogens is 4. The van der Waals surface area contributed by atoms with Crippen LogP contribution in [-0.2, 0) is 0 Å². The summed E-state index contributed by atoms with van der Waals surface area (Å²) in [6, 6.07) is 7.19. The first-order valence-electron chi connectivity index (χ1n) is 7.14. The molecule has 0 saturated carbocycles. The van der Waals surface area contributed by atoms with Crippen LogP contribution in [0.15, 0.2) is 42.9 Å². The van der Waals surface area contributed by atoms with Crippen LogP contribution in [-0.4, -0.2) is 31.8 Å². The van der Waals surface area contributed by atoms with Gasteiger partial charge >= 0.3 is 0 Å². The first kappa shape index (κ1) is 13.9. The average Bonchev–Trinajstić information content (AvgIpc) is 3.22. The molecule has 0 atom stereocenters. The Hall–Kier alpha value is -3.68. The van der Waals surface area contributed by atoms with Gasteiger partial charge in [-0.25, -0.2) is 9.97 Å². The SMILES string of the molecule is NC(=O)c1nccc2c1[nH]c1ccc(NC(=O)c3ncc[nH]3)cc12. The largest absolute Gasteiger partial charge is 0.364 e. The number of amides is 2. The number of aromatic amines is 2. The minimum atomic E-state index is -0.599. The molecule has 4 aromatic rings. The van der Waals surface area contributed by atoms with Crippen molar-refractivity contribution in [2.24, 2.45) is 5.73 Å². The van der Waals surface area contributed by atoms with Crippen LogP contribution in [0.3, 0.4) is 0 Å². The monoisotopic (exact) mass is 320 g/mol. The Morgan fingerprint density at radius 2 is 1.96 bits per heavy atom.